The first kappa shape index (κ1) is 22.1. The van der Waals surface area contributed by atoms with Crippen LogP contribution in [0, 0.1) is 6.92 Å². The van der Waals surface area contributed by atoms with Gasteiger partial charge in [-0.15, -0.1) is 0 Å². The summed E-state index contributed by atoms with van der Waals surface area (Å²) < 4.78 is 15.9. The van der Waals surface area contributed by atoms with Gasteiger partial charge in [-0.1, -0.05) is 50.1 Å². The fourth-order valence-electron chi connectivity index (χ4n) is 3.12. The Bertz CT molecular complexity index is 1110. The molecule has 0 saturated heterocycles. The monoisotopic (exact) mass is 423 g/mol. The summed E-state index contributed by atoms with van der Waals surface area (Å²) in [6.07, 6.45) is 1.30. The second kappa shape index (κ2) is 10.4. The number of esters is 1. The summed E-state index contributed by atoms with van der Waals surface area (Å²) in [5, 5.41) is 3.34. The molecule has 3 aromatic rings. The summed E-state index contributed by atoms with van der Waals surface area (Å²) in [4.78, 5) is 36.5. The lowest BCUT2D eigenvalue weighted by Crippen LogP contribution is -2.43. The van der Waals surface area contributed by atoms with Crippen molar-refractivity contribution in [2.75, 3.05) is 0 Å². The minimum atomic E-state index is -0.858. The number of alkyl carbamates (subject to hydrolysis) is 1. The summed E-state index contributed by atoms with van der Waals surface area (Å²) >= 11 is 0. The lowest BCUT2D eigenvalue weighted by molar-refractivity contribution is -0.136. The van der Waals surface area contributed by atoms with Gasteiger partial charge in [0, 0.05) is 17.5 Å². The standard InChI is InChI=1S/C24H25NO6/c1-3-4-10-20(25-24(28)29-15-17-8-6-5-7-9-17)23(27)30-18-11-12-19-16(2)13-22(26)31-21(19)14-18/h5-9,11-14,20H,3-4,10,15H2,1-2H3,(H,25,28). The van der Waals surface area contributed by atoms with Gasteiger partial charge in [0.25, 0.3) is 0 Å². The second-order valence-electron chi connectivity index (χ2n) is 7.23. The van der Waals surface area contributed by atoms with Crippen molar-refractivity contribution in [3.05, 3.63) is 76.1 Å². The molecule has 1 N–H and O–H groups in total. The predicted octanol–water partition coefficient (Wildman–Crippen LogP) is 4.49. The number of fused-ring (bicyclic) bond motifs is 1. The Labute approximate surface area is 180 Å². The fraction of sp³-hybridized carbons (Fsp3) is 0.292. The van der Waals surface area contributed by atoms with Gasteiger partial charge in [-0.3, -0.25) is 0 Å². The minimum absolute atomic E-state index is 0.102. The number of unbranched alkanes of at least 4 members (excludes halogenated alkanes) is 1. The molecular weight excluding hydrogens is 398 g/mol. The molecule has 1 atom stereocenters. The molecule has 0 fully saturated rings. The van der Waals surface area contributed by atoms with E-state index in [1.807, 2.05) is 37.3 Å². The Balaban J connectivity index is 1.66. The second-order valence-corrected chi connectivity index (χ2v) is 7.23. The third-order valence-corrected chi connectivity index (χ3v) is 4.78. The number of ether oxygens (including phenoxy) is 2. The molecule has 3 rings (SSSR count). The molecule has 7 nitrogen and oxygen atoms in total. The van der Waals surface area contributed by atoms with E-state index >= 15 is 0 Å². The predicted molar refractivity (Wildman–Crippen MR) is 116 cm³/mol. The van der Waals surface area contributed by atoms with E-state index in [9.17, 15) is 14.4 Å². The van der Waals surface area contributed by atoms with Gasteiger partial charge < -0.3 is 19.2 Å². The number of amides is 1. The number of carbonyl (C=O) groups excluding carboxylic acids is 2. The Kier molecular flexibility index (Phi) is 7.43. The molecule has 162 valence electrons. The van der Waals surface area contributed by atoms with Crippen LogP contribution >= 0.6 is 0 Å². The van der Waals surface area contributed by atoms with Gasteiger partial charge in [0.2, 0.25) is 0 Å². The number of aryl methyl sites for hydroxylation is 1. The molecule has 0 saturated carbocycles. The summed E-state index contributed by atoms with van der Waals surface area (Å²) in [5.41, 5.74) is 1.47. The minimum Gasteiger partial charge on any atom is -0.445 e. The van der Waals surface area contributed by atoms with Crippen LogP contribution in [0.15, 0.2) is 63.8 Å². The average Bonchev–Trinajstić information content (AvgIpc) is 2.75. The first-order valence-electron chi connectivity index (χ1n) is 10.2. The number of hydrogen-bond donors (Lipinski definition) is 1. The number of rotatable bonds is 8. The van der Waals surface area contributed by atoms with Crippen LogP contribution in [0.5, 0.6) is 5.75 Å². The number of nitrogens with one attached hydrogen (secondary N) is 1. The van der Waals surface area contributed by atoms with Gasteiger partial charge in [-0.2, -0.15) is 0 Å². The van der Waals surface area contributed by atoms with Crippen LogP contribution in [0.4, 0.5) is 4.79 Å². The normalized spacial score (nSPS) is 11.7. The van der Waals surface area contributed by atoms with Crippen LogP contribution in [-0.4, -0.2) is 18.1 Å². The maximum atomic E-state index is 12.7. The van der Waals surface area contributed by atoms with E-state index in [4.69, 9.17) is 13.9 Å². The first-order chi connectivity index (χ1) is 15.0. The molecule has 0 spiro atoms. The lowest BCUT2D eigenvalue weighted by Gasteiger charge is -2.17. The van der Waals surface area contributed by atoms with Crippen molar-refractivity contribution in [3.8, 4) is 5.75 Å². The van der Waals surface area contributed by atoms with Crippen molar-refractivity contribution in [1.29, 1.82) is 0 Å². The van der Waals surface area contributed by atoms with E-state index in [0.29, 0.717) is 12.0 Å². The zero-order valence-electron chi connectivity index (χ0n) is 17.6. The molecule has 1 amide bonds. The summed E-state index contributed by atoms with van der Waals surface area (Å²) in [6.45, 7) is 3.89. The van der Waals surface area contributed by atoms with Crippen molar-refractivity contribution in [3.63, 3.8) is 0 Å². The summed E-state index contributed by atoms with van der Waals surface area (Å²) in [5.74, 6) is -0.383. The zero-order chi connectivity index (χ0) is 22.2. The van der Waals surface area contributed by atoms with E-state index in [1.165, 1.54) is 12.1 Å². The van der Waals surface area contributed by atoms with Gasteiger partial charge in [0.05, 0.1) is 0 Å². The van der Waals surface area contributed by atoms with Gasteiger partial charge in [0.1, 0.15) is 24.0 Å². The van der Waals surface area contributed by atoms with Crippen LogP contribution in [0.3, 0.4) is 0 Å². The summed E-state index contributed by atoms with van der Waals surface area (Å²) in [6, 6.07) is 14.6. The summed E-state index contributed by atoms with van der Waals surface area (Å²) in [7, 11) is 0. The SMILES string of the molecule is CCCCC(NC(=O)OCc1ccccc1)C(=O)Oc1ccc2c(C)cc(=O)oc2c1. The molecule has 1 heterocycles. The molecule has 0 aliphatic rings. The van der Waals surface area contributed by atoms with E-state index in [0.717, 1.165) is 29.4 Å². The molecule has 1 unspecified atom stereocenters. The highest BCUT2D eigenvalue weighted by molar-refractivity contribution is 5.85. The molecule has 7 heteroatoms. The van der Waals surface area contributed by atoms with Crippen molar-refractivity contribution in [1.82, 2.24) is 5.32 Å². The quantitative estimate of drug-likeness (QED) is 0.326. The van der Waals surface area contributed by atoms with Crippen LogP contribution in [0.1, 0.15) is 37.3 Å². The topological polar surface area (TPSA) is 94.8 Å². The Morgan fingerprint density at radius 2 is 1.87 bits per heavy atom. The highest BCUT2D eigenvalue weighted by Crippen LogP contribution is 2.22. The van der Waals surface area contributed by atoms with Crippen LogP contribution in [0.2, 0.25) is 0 Å². The Hall–Kier alpha value is -3.61. The Morgan fingerprint density at radius 3 is 2.61 bits per heavy atom. The number of carbonyl (C=O) groups is 2. The smallest absolute Gasteiger partial charge is 0.408 e. The van der Waals surface area contributed by atoms with Crippen molar-refractivity contribution >= 4 is 23.0 Å². The van der Waals surface area contributed by atoms with Crippen LogP contribution in [0.25, 0.3) is 11.0 Å². The molecule has 0 aliphatic heterocycles. The molecule has 0 bridgehead atoms. The molecule has 31 heavy (non-hydrogen) atoms. The molecule has 1 aromatic heterocycles. The number of benzene rings is 2. The molecular formula is C24H25NO6. The third kappa shape index (κ3) is 6.18. The molecule has 0 aliphatic carbocycles. The average molecular weight is 423 g/mol. The van der Waals surface area contributed by atoms with Crippen LogP contribution in [-0.2, 0) is 16.1 Å². The van der Waals surface area contributed by atoms with Crippen molar-refractivity contribution < 1.29 is 23.5 Å². The van der Waals surface area contributed by atoms with Gasteiger partial charge in [-0.05, 0) is 36.6 Å². The zero-order valence-corrected chi connectivity index (χ0v) is 17.6. The third-order valence-electron chi connectivity index (χ3n) is 4.78. The lowest BCUT2D eigenvalue weighted by atomic mass is 10.1. The maximum absolute atomic E-state index is 12.7. The van der Waals surface area contributed by atoms with Gasteiger partial charge >= 0.3 is 17.7 Å². The fourth-order valence-corrected chi connectivity index (χ4v) is 3.12. The van der Waals surface area contributed by atoms with E-state index in [1.54, 1.807) is 19.1 Å². The first-order valence-corrected chi connectivity index (χ1v) is 10.2. The van der Waals surface area contributed by atoms with E-state index in [-0.39, 0.29) is 12.4 Å². The van der Waals surface area contributed by atoms with Crippen LogP contribution < -0.4 is 15.7 Å². The molecule has 2 aromatic carbocycles. The van der Waals surface area contributed by atoms with Gasteiger partial charge in [0.15, 0.2) is 0 Å². The van der Waals surface area contributed by atoms with Gasteiger partial charge in [-0.25, -0.2) is 14.4 Å². The molecule has 0 radical (unpaired) electrons. The van der Waals surface area contributed by atoms with E-state index in [2.05, 4.69) is 5.32 Å². The highest BCUT2D eigenvalue weighted by Gasteiger charge is 2.23. The van der Waals surface area contributed by atoms with Crippen molar-refractivity contribution in [2.24, 2.45) is 0 Å². The Morgan fingerprint density at radius 1 is 1.10 bits per heavy atom. The maximum Gasteiger partial charge on any atom is 0.408 e. The van der Waals surface area contributed by atoms with Crippen molar-refractivity contribution in [2.45, 2.75) is 45.8 Å². The van der Waals surface area contributed by atoms with E-state index < -0.39 is 23.7 Å². The largest absolute Gasteiger partial charge is 0.445 e. The highest BCUT2D eigenvalue weighted by atomic mass is 16.6. The number of hydrogen-bond acceptors (Lipinski definition) is 6.